The third kappa shape index (κ3) is 6.05. The number of hydrazone groups is 1. The van der Waals surface area contributed by atoms with Crippen molar-refractivity contribution in [1.82, 2.24) is 4.57 Å². The summed E-state index contributed by atoms with van der Waals surface area (Å²) in [5.74, 6) is 4.79. The number of esters is 1. The molecule has 0 saturated carbocycles. The Morgan fingerprint density at radius 3 is 2.58 bits per heavy atom. The van der Waals surface area contributed by atoms with Crippen LogP contribution in [-0.2, 0) is 22.5 Å². The van der Waals surface area contributed by atoms with Crippen molar-refractivity contribution >= 4 is 23.8 Å². The van der Waals surface area contributed by atoms with E-state index < -0.39 is 0 Å². The van der Waals surface area contributed by atoms with Gasteiger partial charge in [0.15, 0.2) is 0 Å². The summed E-state index contributed by atoms with van der Waals surface area (Å²) in [6.45, 7) is 4.18. The lowest BCUT2D eigenvalue weighted by atomic mass is 10.0. The molecule has 0 aliphatic carbocycles. The molecule has 0 spiro atoms. The maximum atomic E-state index is 12.5. The number of aromatic nitrogens is 1. The number of benzene rings is 2. The van der Waals surface area contributed by atoms with Crippen LogP contribution in [0, 0.1) is 0 Å². The van der Waals surface area contributed by atoms with E-state index >= 15 is 0 Å². The molecule has 1 heterocycles. The van der Waals surface area contributed by atoms with E-state index in [1.807, 2.05) is 65.5 Å². The molecule has 1 aromatic heterocycles. The van der Waals surface area contributed by atoms with E-state index in [4.69, 9.17) is 10.6 Å². The number of carbonyl (C=O) groups excluding carboxylic acids is 2. The smallest absolute Gasteiger partial charge is 0.339 e. The number of hydrogen-bond acceptors (Lipinski definition) is 5. The summed E-state index contributed by atoms with van der Waals surface area (Å²) in [5, 5.41) is 6.32. The zero-order valence-electron chi connectivity index (χ0n) is 17.7. The second kappa shape index (κ2) is 10.2. The lowest BCUT2D eigenvalue weighted by Crippen LogP contribution is -2.07. The summed E-state index contributed by atoms with van der Waals surface area (Å²) in [7, 11) is 0. The number of ether oxygens (including phenoxy) is 1. The van der Waals surface area contributed by atoms with Gasteiger partial charge < -0.3 is 20.5 Å². The Balaban J connectivity index is 1.85. The summed E-state index contributed by atoms with van der Waals surface area (Å²) in [6.07, 6.45) is 5.96. The van der Waals surface area contributed by atoms with Crippen LogP contribution >= 0.6 is 0 Å². The van der Waals surface area contributed by atoms with Crippen molar-refractivity contribution in [3.05, 3.63) is 88.7 Å². The van der Waals surface area contributed by atoms with Gasteiger partial charge >= 0.3 is 5.97 Å². The van der Waals surface area contributed by atoms with E-state index in [2.05, 4.69) is 10.4 Å². The highest BCUT2D eigenvalue weighted by Crippen LogP contribution is 2.20. The van der Waals surface area contributed by atoms with E-state index in [0.717, 1.165) is 27.9 Å². The van der Waals surface area contributed by atoms with Crippen molar-refractivity contribution < 1.29 is 14.3 Å². The fraction of sp³-hybridized carbons (Fsp3) is 0.208. The quantitative estimate of drug-likeness (QED) is 0.253. The Morgan fingerprint density at radius 2 is 1.90 bits per heavy atom. The SMILES string of the molecule is CCOC(=O)c1cn(Cc2cccc(/C=N\N)c2)cc1Cc1ccc(NC(C)=O)cc1. The molecule has 7 heteroatoms. The summed E-state index contributed by atoms with van der Waals surface area (Å²) in [6, 6.07) is 15.5. The molecule has 0 saturated heterocycles. The van der Waals surface area contributed by atoms with Gasteiger partial charge in [0.25, 0.3) is 0 Å². The third-order valence-electron chi connectivity index (χ3n) is 4.67. The lowest BCUT2D eigenvalue weighted by Gasteiger charge is -2.06. The standard InChI is InChI=1S/C24H26N4O3/c1-3-31-24(30)23-16-28(14-20-6-4-5-19(11-20)13-26-25)15-21(23)12-18-7-9-22(10-8-18)27-17(2)29/h4-11,13,15-16H,3,12,14,25H2,1-2H3,(H,27,29)/b26-13-. The number of anilines is 1. The molecule has 160 valence electrons. The minimum atomic E-state index is -0.338. The van der Waals surface area contributed by atoms with E-state index in [9.17, 15) is 9.59 Å². The van der Waals surface area contributed by atoms with Crippen LogP contribution in [0.25, 0.3) is 0 Å². The maximum absolute atomic E-state index is 12.5. The summed E-state index contributed by atoms with van der Waals surface area (Å²) in [5.41, 5.74) is 5.17. The molecular formula is C24H26N4O3. The van der Waals surface area contributed by atoms with Crippen LogP contribution in [0.4, 0.5) is 5.69 Å². The van der Waals surface area contributed by atoms with Crippen LogP contribution in [0.1, 0.15) is 46.5 Å². The van der Waals surface area contributed by atoms with Gasteiger partial charge in [0.05, 0.1) is 18.4 Å². The predicted octanol–water partition coefficient (Wildman–Crippen LogP) is 3.55. The van der Waals surface area contributed by atoms with Crippen molar-refractivity contribution in [2.24, 2.45) is 10.9 Å². The van der Waals surface area contributed by atoms with E-state index in [1.165, 1.54) is 6.92 Å². The molecule has 0 fully saturated rings. The lowest BCUT2D eigenvalue weighted by molar-refractivity contribution is -0.114. The Labute approximate surface area is 181 Å². The fourth-order valence-corrected chi connectivity index (χ4v) is 3.38. The highest BCUT2D eigenvalue weighted by molar-refractivity contribution is 5.91. The highest BCUT2D eigenvalue weighted by Gasteiger charge is 2.16. The number of nitrogens with one attached hydrogen (secondary N) is 1. The largest absolute Gasteiger partial charge is 0.462 e. The molecule has 0 radical (unpaired) electrons. The number of carbonyl (C=O) groups is 2. The third-order valence-corrected chi connectivity index (χ3v) is 4.67. The van der Waals surface area contributed by atoms with Crippen LogP contribution in [0.2, 0.25) is 0 Å². The molecule has 3 N–H and O–H groups in total. The molecule has 1 amide bonds. The van der Waals surface area contributed by atoms with E-state index in [-0.39, 0.29) is 11.9 Å². The monoisotopic (exact) mass is 418 g/mol. The van der Waals surface area contributed by atoms with Crippen LogP contribution < -0.4 is 11.2 Å². The summed E-state index contributed by atoms with van der Waals surface area (Å²) >= 11 is 0. The van der Waals surface area contributed by atoms with Crippen molar-refractivity contribution in [3.8, 4) is 0 Å². The number of hydrogen-bond donors (Lipinski definition) is 2. The number of amides is 1. The van der Waals surface area contributed by atoms with Crippen molar-refractivity contribution in [2.75, 3.05) is 11.9 Å². The number of nitrogens with two attached hydrogens (primary N) is 1. The maximum Gasteiger partial charge on any atom is 0.339 e. The molecule has 0 aliphatic rings. The first-order valence-electron chi connectivity index (χ1n) is 10.0. The van der Waals surface area contributed by atoms with E-state index in [1.54, 1.807) is 13.1 Å². The van der Waals surface area contributed by atoms with Gasteiger partial charge in [-0.15, -0.1) is 0 Å². The van der Waals surface area contributed by atoms with Crippen molar-refractivity contribution in [3.63, 3.8) is 0 Å². The topological polar surface area (TPSA) is 98.7 Å². The van der Waals surface area contributed by atoms with Gasteiger partial charge in [-0.1, -0.05) is 30.3 Å². The van der Waals surface area contributed by atoms with Crippen molar-refractivity contribution in [2.45, 2.75) is 26.8 Å². The summed E-state index contributed by atoms with van der Waals surface area (Å²) < 4.78 is 7.23. The molecule has 31 heavy (non-hydrogen) atoms. The van der Waals surface area contributed by atoms with Gasteiger partial charge in [0, 0.05) is 31.5 Å². The van der Waals surface area contributed by atoms with Gasteiger partial charge in [-0.3, -0.25) is 4.79 Å². The first-order valence-corrected chi connectivity index (χ1v) is 10.0. The Hall–Kier alpha value is -3.87. The molecule has 3 aromatic rings. The number of rotatable bonds is 8. The van der Waals surface area contributed by atoms with Gasteiger partial charge in [0.1, 0.15) is 0 Å². The van der Waals surface area contributed by atoms with Crippen LogP contribution in [0.3, 0.4) is 0 Å². The van der Waals surface area contributed by atoms with E-state index in [0.29, 0.717) is 25.1 Å². The number of nitrogens with zero attached hydrogens (tertiary/aromatic N) is 2. The zero-order valence-corrected chi connectivity index (χ0v) is 17.7. The van der Waals surface area contributed by atoms with Crippen LogP contribution in [0.5, 0.6) is 0 Å². The second-order valence-corrected chi connectivity index (χ2v) is 7.17. The van der Waals surface area contributed by atoms with Crippen molar-refractivity contribution in [1.29, 1.82) is 0 Å². The second-order valence-electron chi connectivity index (χ2n) is 7.17. The Bertz CT molecular complexity index is 1080. The average Bonchev–Trinajstić information content (AvgIpc) is 3.12. The minimum absolute atomic E-state index is 0.115. The molecular weight excluding hydrogens is 392 g/mol. The van der Waals surface area contributed by atoms with Gasteiger partial charge in [-0.25, -0.2) is 4.79 Å². The average molecular weight is 418 g/mol. The van der Waals surface area contributed by atoms with Crippen LogP contribution in [0.15, 0.2) is 66.0 Å². The van der Waals surface area contributed by atoms with Crippen LogP contribution in [-0.4, -0.2) is 29.3 Å². The summed E-state index contributed by atoms with van der Waals surface area (Å²) in [4.78, 5) is 23.7. The molecule has 0 aliphatic heterocycles. The Morgan fingerprint density at radius 1 is 1.13 bits per heavy atom. The van der Waals surface area contributed by atoms with Gasteiger partial charge in [-0.2, -0.15) is 5.10 Å². The minimum Gasteiger partial charge on any atom is -0.462 e. The van der Waals surface area contributed by atoms with Gasteiger partial charge in [-0.05, 0) is 53.8 Å². The fourth-order valence-electron chi connectivity index (χ4n) is 3.38. The van der Waals surface area contributed by atoms with Gasteiger partial charge in [0.2, 0.25) is 5.91 Å². The molecule has 0 atom stereocenters. The predicted molar refractivity (Wildman–Crippen MR) is 121 cm³/mol. The zero-order chi connectivity index (χ0) is 22.2. The first kappa shape index (κ1) is 21.8. The molecule has 7 nitrogen and oxygen atoms in total. The first-order chi connectivity index (χ1) is 15.0. The molecule has 0 bridgehead atoms. The molecule has 2 aromatic carbocycles. The molecule has 3 rings (SSSR count). The normalized spacial score (nSPS) is 10.9. The molecule has 0 unspecified atom stereocenters. The Kier molecular flexibility index (Phi) is 7.22. The highest BCUT2D eigenvalue weighted by atomic mass is 16.5.